The van der Waals surface area contributed by atoms with E-state index in [4.69, 9.17) is 5.73 Å². The van der Waals surface area contributed by atoms with E-state index in [-0.39, 0.29) is 6.04 Å². The predicted molar refractivity (Wildman–Crippen MR) is 54.4 cm³/mol. The van der Waals surface area contributed by atoms with Crippen LogP contribution in [-0.4, -0.2) is 15.8 Å². The Hall–Kier alpha value is -0.830. The van der Waals surface area contributed by atoms with Crippen LogP contribution in [0.1, 0.15) is 26.3 Å². The maximum absolute atomic E-state index is 5.96. The van der Waals surface area contributed by atoms with Gasteiger partial charge in [0, 0.05) is 18.8 Å². The summed E-state index contributed by atoms with van der Waals surface area (Å²) >= 11 is 0. The molecular weight excluding hydrogens is 162 g/mol. The molecule has 1 aromatic rings. The minimum absolute atomic E-state index is 0.245. The van der Waals surface area contributed by atoms with Gasteiger partial charge in [0.15, 0.2) is 0 Å². The van der Waals surface area contributed by atoms with Gasteiger partial charge in [-0.2, -0.15) is 5.10 Å². The van der Waals surface area contributed by atoms with Crippen molar-refractivity contribution in [1.82, 2.24) is 9.78 Å². The zero-order chi connectivity index (χ0) is 9.84. The molecule has 0 amide bonds. The molecule has 0 radical (unpaired) electrons. The zero-order valence-electron chi connectivity index (χ0n) is 8.70. The number of aryl methyl sites for hydroxylation is 1. The summed E-state index contributed by atoms with van der Waals surface area (Å²) in [5.41, 5.74) is 7.20. The van der Waals surface area contributed by atoms with Crippen molar-refractivity contribution in [2.24, 2.45) is 11.7 Å². The molecule has 3 nitrogen and oxygen atoms in total. The average molecular weight is 181 g/mol. The largest absolute Gasteiger partial charge is 0.327 e. The molecule has 13 heavy (non-hydrogen) atoms. The summed E-state index contributed by atoms with van der Waals surface area (Å²) in [7, 11) is 0. The maximum Gasteiger partial charge on any atom is 0.0522 e. The Morgan fingerprint density at radius 3 is 2.69 bits per heavy atom. The van der Waals surface area contributed by atoms with E-state index in [0.717, 1.165) is 13.0 Å². The molecule has 2 N–H and O–H groups in total. The molecule has 3 heteroatoms. The van der Waals surface area contributed by atoms with Crippen molar-refractivity contribution >= 4 is 0 Å². The van der Waals surface area contributed by atoms with E-state index in [0.29, 0.717) is 5.92 Å². The highest BCUT2D eigenvalue weighted by Crippen LogP contribution is 2.07. The highest BCUT2D eigenvalue weighted by atomic mass is 15.3. The summed E-state index contributed by atoms with van der Waals surface area (Å²) < 4.78 is 1.93. The summed E-state index contributed by atoms with van der Waals surface area (Å²) in [6.07, 6.45) is 4.91. The van der Waals surface area contributed by atoms with Crippen molar-refractivity contribution in [3.63, 3.8) is 0 Å². The summed E-state index contributed by atoms with van der Waals surface area (Å²) in [6.45, 7) is 7.31. The van der Waals surface area contributed by atoms with Crippen LogP contribution in [0.3, 0.4) is 0 Å². The van der Waals surface area contributed by atoms with Crippen LogP contribution < -0.4 is 5.73 Å². The van der Waals surface area contributed by atoms with Gasteiger partial charge in [-0.05, 0) is 24.8 Å². The van der Waals surface area contributed by atoms with Gasteiger partial charge < -0.3 is 5.73 Å². The first-order chi connectivity index (χ1) is 6.13. The lowest BCUT2D eigenvalue weighted by molar-refractivity contribution is 0.490. The first kappa shape index (κ1) is 10.3. The molecule has 0 aromatic carbocycles. The molecule has 0 saturated heterocycles. The second-order valence-electron chi connectivity index (χ2n) is 3.82. The summed E-state index contributed by atoms with van der Waals surface area (Å²) in [4.78, 5) is 0. The topological polar surface area (TPSA) is 43.8 Å². The third-order valence-corrected chi connectivity index (χ3v) is 2.34. The molecule has 0 fully saturated rings. The molecule has 1 atom stereocenters. The molecule has 1 rings (SSSR count). The summed E-state index contributed by atoms with van der Waals surface area (Å²) in [5, 5.41) is 4.21. The van der Waals surface area contributed by atoms with E-state index in [9.17, 15) is 0 Å². The number of hydrogen-bond donors (Lipinski definition) is 1. The third kappa shape index (κ3) is 2.84. The Labute approximate surface area is 79.9 Å². The van der Waals surface area contributed by atoms with Gasteiger partial charge in [0.2, 0.25) is 0 Å². The predicted octanol–water partition coefficient (Wildman–Crippen LogP) is 1.43. The van der Waals surface area contributed by atoms with E-state index < -0.39 is 0 Å². The van der Waals surface area contributed by atoms with Crippen LogP contribution in [0.4, 0.5) is 0 Å². The minimum Gasteiger partial charge on any atom is -0.327 e. The number of rotatable bonds is 4. The van der Waals surface area contributed by atoms with Gasteiger partial charge in [-0.15, -0.1) is 0 Å². The number of hydrogen-bond acceptors (Lipinski definition) is 2. The van der Waals surface area contributed by atoms with E-state index in [1.807, 2.05) is 10.9 Å². The van der Waals surface area contributed by atoms with Crippen molar-refractivity contribution in [2.45, 2.75) is 39.8 Å². The van der Waals surface area contributed by atoms with Gasteiger partial charge in [-0.1, -0.05) is 13.8 Å². The Morgan fingerprint density at radius 1 is 1.54 bits per heavy atom. The minimum atomic E-state index is 0.245. The van der Waals surface area contributed by atoms with Gasteiger partial charge in [0.05, 0.1) is 6.20 Å². The van der Waals surface area contributed by atoms with Gasteiger partial charge in [-0.25, -0.2) is 0 Å². The van der Waals surface area contributed by atoms with Crippen LogP contribution >= 0.6 is 0 Å². The van der Waals surface area contributed by atoms with Gasteiger partial charge in [0.25, 0.3) is 0 Å². The highest BCUT2D eigenvalue weighted by molar-refractivity contribution is 5.06. The lowest BCUT2D eigenvalue weighted by atomic mass is 9.99. The van der Waals surface area contributed by atoms with E-state index >= 15 is 0 Å². The van der Waals surface area contributed by atoms with E-state index in [1.165, 1.54) is 5.56 Å². The van der Waals surface area contributed by atoms with Crippen LogP contribution in [0.15, 0.2) is 12.4 Å². The molecule has 0 aliphatic heterocycles. The second-order valence-corrected chi connectivity index (χ2v) is 3.82. The Balaban J connectivity index is 2.53. The van der Waals surface area contributed by atoms with Crippen molar-refractivity contribution < 1.29 is 0 Å². The average Bonchev–Trinajstić information content (AvgIpc) is 2.52. The first-order valence-corrected chi connectivity index (χ1v) is 4.90. The SMILES string of the molecule is CCn1cc(CC(N)C(C)C)cn1. The summed E-state index contributed by atoms with van der Waals surface area (Å²) in [5.74, 6) is 0.532. The zero-order valence-corrected chi connectivity index (χ0v) is 8.70. The maximum atomic E-state index is 5.96. The number of aromatic nitrogens is 2. The van der Waals surface area contributed by atoms with Crippen molar-refractivity contribution in [2.75, 3.05) is 0 Å². The van der Waals surface area contributed by atoms with Crippen molar-refractivity contribution in [1.29, 1.82) is 0 Å². The van der Waals surface area contributed by atoms with Crippen LogP contribution in [0.25, 0.3) is 0 Å². The smallest absolute Gasteiger partial charge is 0.0522 e. The summed E-state index contributed by atoms with van der Waals surface area (Å²) in [6, 6.07) is 0.245. The van der Waals surface area contributed by atoms with Crippen LogP contribution in [0, 0.1) is 5.92 Å². The normalized spacial score (nSPS) is 13.6. The van der Waals surface area contributed by atoms with Crippen LogP contribution in [0.2, 0.25) is 0 Å². The molecule has 74 valence electrons. The Bertz CT molecular complexity index is 252. The molecule has 1 heterocycles. The lowest BCUT2D eigenvalue weighted by Crippen LogP contribution is -2.28. The lowest BCUT2D eigenvalue weighted by Gasteiger charge is -2.13. The van der Waals surface area contributed by atoms with Crippen molar-refractivity contribution in [3.05, 3.63) is 18.0 Å². The number of nitrogens with zero attached hydrogens (tertiary/aromatic N) is 2. The molecule has 1 aromatic heterocycles. The number of nitrogens with two attached hydrogens (primary N) is 1. The molecule has 0 spiro atoms. The molecular formula is C10H19N3. The van der Waals surface area contributed by atoms with E-state index in [1.54, 1.807) is 0 Å². The van der Waals surface area contributed by atoms with Gasteiger partial charge in [-0.3, -0.25) is 4.68 Å². The quantitative estimate of drug-likeness (QED) is 0.763. The standard InChI is InChI=1S/C10H19N3/c1-4-13-7-9(6-12-13)5-10(11)8(2)3/h6-8,10H,4-5,11H2,1-3H3. The monoisotopic (exact) mass is 181 g/mol. The first-order valence-electron chi connectivity index (χ1n) is 4.90. The van der Waals surface area contributed by atoms with Crippen LogP contribution in [-0.2, 0) is 13.0 Å². The fraction of sp³-hybridized carbons (Fsp3) is 0.700. The molecule has 0 aliphatic carbocycles. The molecule has 0 saturated carbocycles. The second kappa shape index (κ2) is 4.42. The Kier molecular flexibility index (Phi) is 3.48. The Morgan fingerprint density at radius 2 is 2.23 bits per heavy atom. The van der Waals surface area contributed by atoms with Gasteiger partial charge >= 0.3 is 0 Å². The van der Waals surface area contributed by atoms with Crippen LogP contribution in [0.5, 0.6) is 0 Å². The fourth-order valence-electron chi connectivity index (χ4n) is 1.19. The third-order valence-electron chi connectivity index (χ3n) is 2.34. The van der Waals surface area contributed by atoms with Crippen molar-refractivity contribution in [3.8, 4) is 0 Å². The fourth-order valence-corrected chi connectivity index (χ4v) is 1.19. The highest BCUT2D eigenvalue weighted by Gasteiger charge is 2.09. The molecule has 0 aliphatic rings. The van der Waals surface area contributed by atoms with Gasteiger partial charge in [0.1, 0.15) is 0 Å². The van der Waals surface area contributed by atoms with E-state index in [2.05, 4.69) is 32.1 Å². The molecule has 0 bridgehead atoms. The molecule has 1 unspecified atom stereocenters.